The summed E-state index contributed by atoms with van der Waals surface area (Å²) in [5.74, 6) is 1.60. The van der Waals surface area contributed by atoms with Gasteiger partial charge in [0.15, 0.2) is 0 Å². The Bertz CT molecular complexity index is 1090. The molecule has 2 N–H and O–H groups in total. The zero-order valence-electron chi connectivity index (χ0n) is 19.4. The van der Waals surface area contributed by atoms with Crippen LogP contribution in [-0.4, -0.2) is 56.7 Å². The monoisotopic (exact) mass is 451 g/mol. The molecule has 8 heteroatoms. The van der Waals surface area contributed by atoms with Crippen LogP contribution in [0.2, 0.25) is 0 Å². The molecule has 0 aromatic carbocycles. The van der Waals surface area contributed by atoms with Crippen molar-refractivity contribution >= 4 is 11.5 Å². The molecule has 2 saturated carbocycles. The van der Waals surface area contributed by atoms with Crippen LogP contribution < -0.4 is 10.1 Å². The summed E-state index contributed by atoms with van der Waals surface area (Å²) in [7, 11) is 1.69. The molecule has 2 fully saturated rings. The van der Waals surface area contributed by atoms with Gasteiger partial charge in [-0.05, 0) is 69.6 Å². The van der Waals surface area contributed by atoms with Crippen LogP contribution in [0.3, 0.4) is 0 Å². The summed E-state index contributed by atoms with van der Waals surface area (Å²) < 4.78 is 13.3. The van der Waals surface area contributed by atoms with E-state index < -0.39 is 0 Å². The number of hydrogen-bond donors (Lipinski definition) is 2. The molecule has 0 bridgehead atoms. The maximum absolute atomic E-state index is 10.0. The Balaban J connectivity index is 1.52. The third kappa shape index (κ3) is 4.82. The second-order valence-electron chi connectivity index (χ2n) is 9.42. The highest BCUT2D eigenvalue weighted by Crippen LogP contribution is 2.38. The lowest BCUT2D eigenvalue weighted by Crippen LogP contribution is -2.24. The highest BCUT2D eigenvalue weighted by atomic mass is 16.5. The SMILES string of the molecule is COC[C@H](C)Nc1ncc2c(-c3ccnc(OC4CCC4)c3)cc(C3CCC(O)CC3)n2n1. The van der Waals surface area contributed by atoms with Crippen molar-refractivity contribution in [3.63, 3.8) is 0 Å². The quantitative estimate of drug-likeness (QED) is 0.530. The van der Waals surface area contributed by atoms with Gasteiger partial charge in [0.2, 0.25) is 11.8 Å². The molecule has 3 heterocycles. The highest BCUT2D eigenvalue weighted by Gasteiger charge is 2.26. The number of nitrogens with one attached hydrogen (secondary N) is 1. The Hall–Kier alpha value is -2.71. The van der Waals surface area contributed by atoms with E-state index in [2.05, 4.69) is 21.4 Å². The first kappa shape index (κ1) is 22.1. The molecule has 0 saturated heterocycles. The number of fused-ring (bicyclic) bond motifs is 1. The lowest BCUT2D eigenvalue weighted by atomic mass is 9.85. The van der Waals surface area contributed by atoms with Crippen LogP contribution in [0.5, 0.6) is 5.88 Å². The normalized spacial score (nSPS) is 22.2. The maximum Gasteiger partial charge on any atom is 0.241 e. The number of methoxy groups -OCH3 is 1. The van der Waals surface area contributed by atoms with E-state index in [-0.39, 0.29) is 18.2 Å². The standard InChI is InChI=1S/C25H33N5O3/c1-16(15-32-2)28-25-27-14-23-21(18-10-11-26-24(12-18)33-20-4-3-5-20)13-22(30(23)29-25)17-6-8-19(31)9-7-17/h10-14,16-17,19-20,31H,3-9,15H2,1-2H3,(H,28,29)/t16-,17?,19?/m0/s1. The van der Waals surface area contributed by atoms with Gasteiger partial charge in [0.05, 0.1) is 24.4 Å². The number of anilines is 1. The minimum atomic E-state index is -0.194. The molecular formula is C25H33N5O3. The van der Waals surface area contributed by atoms with Crippen molar-refractivity contribution in [2.24, 2.45) is 0 Å². The molecule has 2 aliphatic carbocycles. The Morgan fingerprint density at radius 3 is 2.70 bits per heavy atom. The third-order valence-electron chi connectivity index (χ3n) is 6.84. The van der Waals surface area contributed by atoms with Gasteiger partial charge < -0.3 is 19.9 Å². The first-order chi connectivity index (χ1) is 16.1. The summed E-state index contributed by atoms with van der Waals surface area (Å²) in [6, 6.07) is 6.37. The fraction of sp³-hybridized carbons (Fsp3) is 0.560. The number of aromatic nitrogens is 4. The van der Waals surface area contributed by atoms with Gasteiger partial charge in [0.1, 0.15) is 6.10 Å². The zero-order chi connectivity index (χ0) is 22.8. The largest absolute Gasteiger partial charge is 0.474 e. The molecule has 0 amide bonds. The summed E-state index contributed by atoms with van der Waals surface area (Å²) in [6.45, 7) is 2.62. The summed E-state index contributed by atoms with van der Waals surface area (Å²) in [5, 5.41) is 18.2. The van der Waals surface area contributed by atoms with Gasteiger partial charge in [0, 0.05) is 42.6 Å². The van der Waals surface area contributed by atoms with Crippen molar-refractivity contribution < 1.29 is 14.6 Å². The lowest BCUT2D eigenvalue weighted by molar-refractivity contribution is 0.115. The molecule has 5 rings (SSSR count). The van der Waals surface area contributed by atoms with Gasteiger partial charge in [-0.15, -0.1) is 5.10 Å². The van der Waals surface area contributed by atoms with Crippen molar-refractivity contribution in [3.05, 3.63) is 36.3 Å². The Kier molecular flexibility index (Phi) is 6.46. The molecule has 3 aromatic heterocycles. The molecule has 2 aliphatic rings. The van der Waals surface area contributed by atoms with Crippen molar-refractivity contribution in [3.8, 4) is 17.0 Å². The summed E-state index contributed by atoms with van der Waals surface area (Å²) in [5.41, 5.74) is 4.25. The van der Waals surface area contributed by atoms with Gasteiger partial charge >= 0.3 is 0 Å². The number of nitrogens with zero attached hydrogens (tertiary/aromatic N) is 4. The first-order valence-corrected chi connectivity index (χ1v) is 12.1. The molecule has 0 radical (unpaired) electrons. The summed E-state index contributed by atoms with van der Waals surface area (Å²) >= 11 is 0. The van der Waals surface area contributed by atoms with Gasteiger partial charge in [-0.1, -0.05) is 0 Å². The van der Waals surface area contributed by atoms with E-state index in [1.54, 1.807) is 7.11 Å². The van der Waals surface area contributed by atoms with Crippen molar-refractivity contribution in [2.75, 3.05) is 19.0 Å². The van der Waals surface area contributed by atoms with Crippen LogP contribution in [0.15, 0.2) is 30.6 Å². The number of aliphatic hydroxyl groups is 1. The van der Waals surface area contributed by atoms with E-state index >= 15 is 0 Å². The number of hydrogen-bond acceptors (Lipinski definition) is 7. The van der Waals surface area contributed by atoms with Gasteiger partial charge in [-0.25, -0.2) is 14.5 Å². The van der Waals surface area contributed by atoms with Crippen molar-refractivity contribution in [2.45, 2.75) is 76.0 Å². The highest BCUT2D eigenvalue weighted by molar-refractivity contribution is 5.81. The first-order valence-electron chi connectivity index (χ1n) is 12.1. The predicted molar refractivity (Wildman–Crippen MR) is 127 cm³/mol. The number of rotatable bonds is 8. The average molecular weight is 452 g/mol. The molecule has 3 aromatic rings. The second kappa shape index (κ2) is 9.65. The van der Waals surface area contributed by atoms with E-state index in [1.165, 1.54) is 6.42 Å². The van der Waals surface area contributed by atoms with E-state index in [9.17, 15) is 5.11 Å². The molecular weight excluding hydrogens is 418 g/mol. The molecule has 0 unspecified atom stereocenters. The third-order valence-corrected chi connectivity index (χ3v) is 6.84. The van der Waals surface area contributed by atoms with Crippen LogP contribution in [0.4, 0.5) is 5.95 Å². The fourth-order valence-corrected chi connectivity index (χ4v) is 4.79. The van der Waals surface area contributed by atoms with Gasteiger partial charge in [-0.3, -0.25) is 0 Å². The lowest BCUT2D eigenvalue weighted by Gasteiger charge is -2.25. The number of ether oxygens (including phenoxy) is 2. The Labute approximate surface area is 194 Å². The van der Waals surface area contributed by atoms with E-state index in [0.29, 0.717) is 24.4 Å². The van der Waals surface area contributed by atoms with Crippen LogP contribution in [-0.2, 0) is 4.74 Å². The Morgan fingerprint density at radius 2 is 1.97 bits per heavy atom. The van der Waals surface area contributed by atoms with Crippen molar-refractivity contribution in [1.29, 1.82) is 0 Å². The van der Waals surface area contributed by atoms with Crippen LogP contribution in [0.1, 0.15) is 63.5 Å². The maximum atomic E-state index is 10.0. The Morgan fingerprint density at radius 1 is 1.15 bits per heavy atom. The smallest absolute Gasteiger partial charge is 0.241 e. The summed E-state index contributed by atoms with van der Waals surface area (Å²) in [4.78, 5) is 9.02. The van der Waals surface area contributed by atoms with Gasteiger partial charge in [0.25, 0.3) is 0 Å². The average Bonchev–Trinajstić information content (AvgIpc) is 3.16. The summed E-state index contributed by atoms with van der Waals surface area (Å²) in [6.07, 6.45) is 10.8. The molecule has 0 spiro atoms. The molecule has 8 nitrogen and oxygen atoms in total. The molecule has 1 atom stereocenters. The molecule has 0 aliphatic heterocycles. The second-order valence-corrected chi connectivity index (χ2v) is 9.42. The molecule has 176 valence electrons. The molecule has 33 heavy (non-hydrogen) atoms. The predicted octanol–water partition coefficient (Wildman–Crippen LogP) is 4.19. The van der Waals surface area contributed by atoms with Crippen LogP contribution >= 0.6 is 0 Å². The minimum absolute atomic E-state index is 0.0992. The zero-order valence-corrected chi connectivity index (χ0v) is 19.4. The topological polar surface area (TPSA) is 93.8 Å². The van der Waals surface area contributed by atoms with Crippen LogP contribution in [0.25, 0.3) is 16.6 Å². The number of aliphatic hydroxyl groups excluding tert-OH is 1. The fourth-order valence-electron chi connectivity index (χ4n) is 4.79. The van der Waals surface area contributed by atoms with E-state index in [0.717, 1.165) is 60.9 Å². The number of pyridine rings is 1. The minimum Gasteiger partial charge on any atom is -0.474 e. The van der Waals surface area contributed by atoms with Crippen LogP contribution in [0, 0.1) is 0 Å². The van der Waals surface area contributed by atoms with Crippen molar-refractivity contribution in [1.82, 2.24) is 19.6 Å². The van der Waals surface area contributed by atoms with E-state index in [4.69, 9.17) is 14.6 Å². The van der Waals surface area contributed by atoms with E-state index in [1.807, 2.05) is 36.0 Å². The van der Waals surface area contributed by atoms with Gasteiger partial charge in [-0.2, -0.15) is 0 Å².